The van der Waals surface area contributed by atoms with Crippen molar-refractivity contribution in [2.24, 2.45) is 0 Å². The van der Waals surface area contributed by atoms with Crippen LogP contribution in [0.5, 0.6) is 0 Å². The highest BCUT2D eigenvalue weighted by Crippen LogP contribution is 2.46. The van der Waals surface area contributed by atoms with Crippen LogP contribution in [0, 0.1) is 0 Å². The van der Waals surface area contributed by atoms with Gasteiger partial charge in [-0.25, -0.2) is 0 Å². The molecule has 6 nitrogen and oxygen atoms in total. The Morgan fingerprint density at radius 3 is 2.31 bits per heavy atom. The van der Waals surface area contributed by atoms with Crippen LogP contribution in [0.4, 0.5) is 0 Å². The number of carboxylic acids is 1. The van der Waals surface area contributed by atoms with Gasteiger partial charge in [-0.1, -0.05) is 0 Å². The van der Waals surface area contributed by atoms with Crippen molar-refractivity contribution in [3.05, 3.63) is 0 Å². The maximum absolute atomic E-state index is 11.9. The summed E-state index contributed by atoms with van der Waals surface area (Å²) in [4.78, 5) is 10.2. The van der Waals surface area contributed by atoms with E-state index in [2.05, 4.69) is 5.32 Å². The molecular weight excluding hydrogens is 233 g/mol. The van der Waals surface area contributed by atoms with Gasteiger partial charge in [-0.05, 0) is 26.8 Å². The van der Waals surface area contributed by atoms with E-state index in [1.165, 1.54) is 0 Å². The molecule has 0 saturated heterocycles. The molecule has 16 heavy (non-hydrogen) atoms. The summed E-state index contributed by atoms with van der Waals surface area (Å²) in [6.45, 7) is 4.63. The molecule has 0 fully saturated rings. The molecule has 0 aromatic carbocycles. The van der Waals surface area contributed by atoms with Gasteiger partial charge in [0.05, 0.1) is 19.5 Å². The van der Waals surface area contributed by atoms with Crippen molar-refractivity contribution in [1.82, 2.24) is 5.32 Å². The summed E-state index contributed by atoms with van der Waals surface area (Å²) in [6, 6.07) is 0. The van der Waals surface area contributed by atoms with E-state index >= 15 is 0 Å². The quantitative estimate of drug-likeness (QED) is 0.455. The monoisotopic (exact) mass is 253 g/mol. The van der Waals surface area contributed by atoms with Gasteiger partial charge in [0.1, 0.15) is 0 Å². The van der Waals surface area contributed by atoms with E-state index in [4.69, 9.17) is 14.2 Å². The Morgan fingerprint density at radius 2 is 1.88 bits per heavy atom. The molecule has 0 amide bonds. The van der Waals surface area contributed by atoms with E-state index in [1.54, 1.807) is 13.8 Å². The predicted octanol–water partition coefficient (Wildman–Crippen LogP) is 1.66. The summed E-state index contributed by atoms with van der Waals surface area (Å²) in [5.74, 6) is -0.834. The molecule has 0 unspecified atom stereocenters. The summed E-state index contributed by atoms with van der Waals surface area (Å²) in [6.07, 6.45) is 0.711. The molecule has 0 aliphatic carbocycles. The van der Waals surface area contributed by atoms with Crippen LogP contribution in [0.3, 0.4) is 0 Å². The van der Waals surface area contributed by atoms with Crippen molar-refractivity contribution < 1.29 is 23.5 Å². The summed E-state index contributed by atoms with van der Waals surface area (Å²) >= 11 is 0. The summed E-state index contributed by atoms with van der Waals surface area (Å²) in [7, 11) is -3.04. The van der Waals surface area contributed by atoms with Crippen molar-refractivity contribution in [2.45, 2.75) is 26.7 Å². The second-order valence-corrected chi connectivity index (χ2v) is 5.16. The van der Waals surface area contributed by atoms with Crippen molar-refractivity contribution in [1.29, 1.82) is 0 Å². The third-order valence-corrected chi connectivity index (χ3v) is 3.62. The molecule has 96 valence electrons. The van der Waals surface area contributed by atoms with E-state index in [0.717, 1.165) is 0 Å². The highest BCUT2D eigenvalue weighted by molar-refractivity contribution is 7.53. The minimum Gasteiger partial charge on any atom is -0.481 e. The molecule has 2 N–H and O–H groups in total. The lowest BCUT2D eigenvalue weighted by Crippen LogP contribution is -2.19. The molecule has 0 saturated carbocycles. The lowest BCUT2D eigenvalue weighted by Gasteiger charge is -2.17. The zero-order valence-corrected chi connectivity index (χ0v) is 10.7. The smallest absolute Gasteiger partial charge is 0.344 e. The second kappa shape index (κ2) is 8.70. The molecule has 0 heterocycles. The average molecular weight is 253 g/mol. The Morgan fingerprint density at radius 1 is 1.31 bits per heavy atom. The minimum atomic E-state index is -3.04. The predicted molar refractivity (Wildman–Crippen MR) is 60.6 cm³/mol. The van der Waals surface area contributed by atoms with Crippen LogP contribution in [-0.2, 0) is 18.4 Å². The van der Waals surface area contributed by atoms with Crippen molar-refractivity contribution in [3.63, 3.8) is 0 Å². The van der Waals surface area contributed by atoms with Gasteiger partial charge >= 0.3 is 13.6 Å². The fourth-order valence-electron chi connectivity index (χ4n) is 1.10. The molecule has 0 aliphatic rings. The molecule has 0 aliphatic heterocycles. The number of nitrogens with one attached hydrogen (secondary N) is 1. The zero-order valence-electron chi connectivity index (χ0n) is 9.77. The lowest BCUT2D eigenvalue weighted by atomic mass is 10.3. The third kappa shape index (κ3) is 7.82. The van der Waals surface area contributed by atoms with Gasteiger partial charge in [-0.15, -0.1) is 0 Å². The highest BCUT2D eigenvalue weighted by Gasteiger charge is 2.22. The van der Waals surface area contributed by atoms with Crippen molar-refractivity contribution in [3.8, 4) is 0 Å². The second-order valence-electron chi connectivity index (χ2n) is 3.10. The summed E-state index contributed by atoms with van der Waals surface area (Å²) < 4.78 is 22.0. The highest BCUT2D eigenvalue weighted by atomic mass is 31.2. The average Bonchev–Trinajstić information content (AvgIpc) is 2.17. The first-order valence-corrected chi connectivity index (χ1v) is 7.07. The summed E-state index contributed by atoms with van der Waals surface area (Å²) in [5.41, 5.74) is 0. The first-order valence-electron chi connectivity index (χ1n) is 5.34. The maximum Gasteiger partial charge on any atom is 0.344 e. The van der Waals surface area contributed by atoms with Gasteiger partial charge in [0.15, 0.2) is 0 Å². The molecule has 0 bridgehead atoms. The molecule has 0 rings (SSSR count). The van der Waals surface area contributed by atoms with Gasteiger partial charge in [-0.2, -0.15) is 0 Å². The third-order valence-electron chi connectivity index (χ3n) is 1.70. The normalized spacial score (nSPS) is 11.6. The number of aliphatic carboxylic acids is 1. The Balaban J connectivity index is 3.76. The van der Waals surface area contributed by atoms with Crippen LogP contribution in [-0.4, -0.2) is 37.1 Å². The molecule has 0 radical (unpaired) electrons. The SMILES string of the molecule is CCOP(=O)(CNCCCC(=O)O)OCC. The fraction of sp³-hybridized carbons (Fsp3) is 0.889. The van der Waals surface area contributed by atoms with E-state index in [9.17, 15) is 9.36 Å². The summed E-state index contributed by atoms with van der Waals surface area (Å²) in [5, 5.41) is 11.3. The van der Waals surface area contributed by atoms with Gasteiger partial charge in [0.2, 0.25) is 0 Å². The van der Waals surface area contributed by atoms with Crippen LogP contribution >= 0.6 is 7.60 Å². The Bertz CT molecular complexity index is 236. The molecule has 0 aromatic rings. The van der Waals surface area contributed by atoms with E-state index in [-0.39, 0.29) is 12.7 Å². The Kier molecular flexibility index (Phi) is 8.47. The van der Waals surface area contributed by atoms with Crippen LogP contribution < -0.4 is 5.32 Å². The van der Waals surface area contributed by atoms with Gasteiger partial charge in [-0.3, -0.25) is 9.36 Å². The first-order chi connectivity index (χ1) is 7.54. The van der Waals surface area contributed by atoms with Crippen LogP contribution in [0.1, 0.15) is 26.7 Å². The Labute approximate surface area is 95.9 Å². The van der Waals surface area contributed by atoms with Gasteiger partial charge < -0.3 is 19.5 Å². The number of hydrogen-bond acceptors (Lipinski definition) is 5. The van der Waals surface area contributed by atoms with Crippen LogP contribution in [0.25, 0.3) is 0 Å². The van der Waals surface area contributed by atoms with Crippen molar-refractivity contribution >= 4 is 13.6 Å². The van der Waals surface area contributed by atoms with Gasteiger partial charge in [0.25, 0.3) is 0 Å². The number of carbonyl (C=O) groups is 1. The molecule has 7 heteroatoms. The Hall–Kier alpha value is -0.420. The van der Waals surface area contributed by atoms with Crippen molar-refractivity contribution in [2.75, 3.05) is 26.0 Å². The maximum atomic E-state index is 11.9. The van der Waals surface area contributed by atoms with E-state index in [0.29, 0.717) is 26.2 Å². The number of rotatable bonds is 10. The van der Waals surface area contributed by atoms with E-state index in [1.807, 2.05) is 0 Å². The van der Waals surface area contributed by atoms with E-state index < -0.39 is 13.6 Å². The van der Waals surface area contributed by atoms with Crippen LogP contribution in [0.2, 0.25) is 0 Å². The van der Waals surface area contributed by atoms with Gasteiger partial charge in [0, 0.05) is 6.42 Å². The lowest BCUT2D eigenvalue weighted by molar-refractivity contribution is -0.137. The molecular formula is C9H20NO5P. The first kappa shape index (κ1) is 15.6. The minimum absolute atomic E-state index is 0.0978. The molecule has 0 atom stereocenters. The molecule has 0 aromatic heterocycles. The molecule has 0 spiro atoms. The number of carboxylic acid groups (broad SMARTS) is 1. The van der Waals surface area contributed by atoms with Crippen LogP contribution in [0.15, 0.2) is 0 Å². The topological polar surface area (TPSA) is 84.9 Å². The standard InChI is InChI=1S/C9H20NO5P/c1-3-14-16(13,15-4-2)8-10-7-5-6-9(11)12/h10H,3-8H2,1-2H3,(H,11,12). The number of hydrogen-bond donors (Lipinski definition) is 2. The largest absolute Gasteiger partial charge is 0.481 e. The fourth-order valence-corrected chi connectivity index (χ4v) is 2.58. The zero-order chi connectivity index (χ0) is 12.4.